The predicted molar refractivity (Wildman–Crippen MR) is 76.5 cm³/mol. The molecule has 118 valence electrons. The minimum atomic E-state index is -0.749. The summed E-state index contributed by atoms with van der Waals surface area (Å²) in [4.78, 5) is 23.7. The Balaban J connectivity index is 1.58. The number of esters is 1. The summed E-state index contributed by atoms with van der Waals surface area (Å²) in [5.41, 5.74) is -0.0340. The molecule has 21 heavy (non-hydrogen) atoms. The van der Waals surface area contributed by atoms with E-state index in [1.807, 2.05) is 0 Å². The van der Waals surface area contributed by atoms with Gasteiger partial charge in [-0.15, -0.1) is 0 Å². The summed E-state index contributed by atoms with van der Waals surface area (Å²) in [6, 6.07) is 0. The maximum Gasteiger partial charge on any atom is 0.332 e. The monoisotopic (exact) mass is 295 g/mol. The fourth-order valence-electron chi connectivity index (χ4n) is 5.03. The molecular weight excluding hydrogens is 270 g/mol. The number of methoxy groups -OCH3 is 1. The number of hydrogen-bond acceptors (Lipinski definition) is 4. The maximum absolute atomic E-state index is 12.3. The second-order valence-corrected chi connectivity index (χ2v) is 7.25. The van der Waals surface area contributed by atoms with E-state index in [0.717, 1.165) is 37.0 Å². The number of amides is 1. The van der Waals surface area contributed by atoms with Crippen molar-refractivity contribution in [2.24, 2.45) is 17.8 Å². The Morgan fingerprint density at radius 3 is 2.14 bits per heavy atom. The average Bonchev–Trinajstić information content (AvgIpc) is 2.36. The molecule has 0 heterocycles. The summed E-state index contributed by atoms with van der Waals surface area (Å²) >= 11 is 0. The highest BCUT2D eigenvalue weighted by Gasteiger charge is 2.51. The Morgan fingerprint density at radius 2 is 1.67 bits per heavy atom. The van der Waals surface area contributed by atoms with Crippen LogP contribution in [0.25, 0.3) is 0 Å². The molecule has 1 amide bonds. The van der Waals surface area contributed by atoms with E-state index in [9.17, 15) is 9.59 Å². The van der Waals surface area contributed by atoms with Crippen molar-refractivity contribution in [1.29, 1.82) is 0 Å². The van der Waals surface area contributed by atoms with Crippen LogP contribution in [0.1, 0.15) is 45.4 Å². The molecule has 0 unspecified atom stereocenters. The van der Waals surface area contributed by atoms with Gasteiger partial charge in [-0.05, 0) is 63.2 Å². The number of ether oxygens (including phenoxy) is 2. The first-order valence-corrected chi connectivity index (χ1v) is 8.00. The second-order valence-electron chi connectivity index (χ2n) is 7.25. The molecule has 4 bridgehead atoms. The van der Waals surface area contributed by atoms with Crippen molar-refractivity contribution < 1.29 is 19.1 Å². The second kappa shape index (κ2) is 5.59. The number of carbonyl (C=O) groups is 2. The van der Waals surface area contributed by atoms with Crippen LogP contribution in [-0.2, 0) is 19.1 Å². The van der Waals surface area contributed by atoms with Gasteiger partial charge >= 0.3 is 5.97 Å². The van der Waals surface area contributed by atoms with Gasteiger partial charge in [0.05, 0.1) is 0 Å². The van der Waals surface area contributed by atoms with Gasteiger partial charge in [-0.25, -0.2) is 4.79 Å². The molecule has 1 atom stereocenters. The van der Waals surface area contributed by atoms with Gasteiger partial charge in [-0.2, -0.15) is 0 Å². The number of carbonyl (C=O) groups excluding carboxylic acids is 2. The third-order valence-corrected chi connectivity index (χ3v) is 5.37. The highest BCUT2D eigenvalue weighted by Crippen LogP contribution is 2.55. The fourth-order valence-corrected chi connectivity index (χ4v) is 5.03. The lowest BCUT2D eigenvalue weighted by Crippen LogP contribution is -2.61. The minimum Gasteiger partial charge on any atom is -0.451 e. The molecule has 4 saturated carbocycles. The van der Waals surface area contributed by atoms with Crippen molar-refractivity contribution in [1.82, 2.24) is 5.32 Å². The molecule has 4 rings (SSSR count). The Bertz CT molecular complexity index is 399. The summed E-state index contributed by atoms with van der Waals surface area (Å²) in [6.07, 6.45) is 6.57. The lowest BCUT2D eigenvalue weighted by atomic mass is 9.53. The molecule has 5 nitrogen and oxygen atoms in total. The SMILES string of the molecule is COCC(=O)O[C@@H](C)C(=O)NC12CC3CC(CC(C3)C1)C2. The van der Waals surface area contributed by atoms with Crippen LogP contribution >= 0.6 is 0 Å². The van der Waals surface area contributed by atoms with Gasteiger partial charge < -0.3 is 14.8 Å². The van der Waals surface area contributed by atoms with Crippen LogP contribution in [0.15, 0.2) is 0 Å². The average molecular weight is 295 g/mol. The molecule has 0 aromatic carbocycles. The Labute approximate surface area is 125 Å². The van der Waals surface area contributed by atoms with E-state index >= 15 is 0 Å². The lowest BCUT2D eigenvalue weighted by molar-refractivity contribution is -0.159. The molecule has 1 N–H and O–H groups in total. The summed E-state index contributed by atoms with van der Waals surface area (Å²) in [5, 5.41) is 3.21. The first-order valence-electron chi connectivity index (χ1n) is 8.00. The van der Waals surface area contributed by atoms with E-state index in [0.29, 0.717) is 0 Å². The molecule has 0 saturated heterocycles. The van der Waals surface area contributed by atoms with Crippen LogP contribution in [0, 0.1) is 17.8 Å². The van der Waals surface area contributed by atoms with Crippen molar-refractivity contribution in [3.05, 3.63) is 0 Å². The minimum absolute atomic E-state index is 0.0340. The third kappa shape index (κ3) is 3.07. The molecule has 4 fully saturated rings. The first kappa shape index (κ1) is 14.8. The molecule has 0 aliphatic heterocycles. The van der Waals surface area contributed by atoms with Crippen molar-refractivity contribution in [3.8, 4) is 0 Å². The van der Waals surface area contributed by atoms with Crippen LogP contribution in [0.4, 0.5) is 0 Å². The summed E-state index contributed by atoms with van der Waals surface area (Å²) < 4.78 is 9.80. The molecular formula is C16H25NO4. The zero-order chi connectivity index (χ0) is 15.0. The van der Waals surface area contributed by atoms with E-state index in [2.05, 4.69) is 5.32 Å². The fraction of sp³-hybridized carbons (Fsp3) is 0.875. The van der Waals surface area contributed by atoms with Gasteiger partial charge in [0.25, 0.3) is 5.91 Å². The van der Waals surface area contributed by atoms with Gasteiger partial charge in [0.2, 0.25) is 0 Å². The Hall–Kier alpha value is -1.10. The zero-order valence-electron chi connectivity index (χ0n) is 12.9. The quantitative estimate of drug-likeness (QED) is 0.783. The zero-order valence-corrected chi connectivity index (χ0v) is 12.9. The standard InChI is InChI=1S/C16H25NO4/c1-10(21-14(18)9-20-2)15(19)17-16-6-11-3-12(7-16)5-13(4-11)8-16/h10-13H,3-9H2,1-2H3,(H,17,19)/t10-,11?,12?,13?,16?/m0/s1. The molecule has 0 aromatic heterocycles. The number of nitrogens with one attached hydrogen (secondary N) is 1. The normalized spacial score (nSPS) is 38.1. The van der Waals surface area contributed by atoms with E-state index in [1.54, 1.807) is 6.92 Å². The number of hydrogen-bond donors (Lipinski definition) is 1. The predicted octanol–water partition coefficient (Wildman–Crippen LogP) is 1.65. The van der Waals surface area contributed by atoms with Gasteiger partial charge in [0.1, 0.15) is 6.61 Å². The van der Waals surface area contributed by atoms with E-state index < -0.39 is 12.1 Å². The summed E-state index contributed by atoms with van der Waals surface area (Å²) in [7, 11) is 1.43. The van der Waals surface area contributed by atoms with E-state index in [4.69, 9.17) is 9.47 Å². The highest BCUT2D eigenvalue weighted by molar-refractivity contribution is 5.84. The largest absolute Gasteiger partial charge is 0.451 e. The lowest BCUT2D eigenvalue weighted by Gasteiger charge is -2.57. The topological polar surface area (TPSA) is 64.6 Å². The van der Waals surface area contributed by atoms with Crippen molar-refractivity contribution in [3.63, 3.8) is 0 Å². The highest BCUT2D eigenvalue weighted by atomic mass is 16.6. The molecule has 0 radical (unpaired) electrons. The van der Waals surface area contributed by atoms with Gasteiger partial charge in [0, 0.05) is 12.6 Å². The molecule has 0 spiro atoms. The summed E-state index contributed by atoms with van der Waals surface area (Å²) in [6.45, 7) is 1.51. The molecule has 0 aromatic rings. The van der Waals surface area contributed by atoms with E-state index in [1.165, 1.54) is 26.4 Å². The van der Waals surface area contributed by atoms with Crippen LogP contribution in [0.2, 0.25) is 0 Å². The van der Waals surface area contributed by atoms with Gasteiger partial charge in [0.15, 0.2) is 6.10 Å². The molecule has 4 aliphatic carbocycles. The van der Waals surface area contributed by atoms with Crippen LogP contribution in [-0.4, -0.2) is 37.2 Å². The smallest absolute Gasteiger partial charge is 0.332 e. The first-order chi connectivity index (χ1) is 9.99. The number of rotatable bonds is 5. The molecule has 4 aliphatic rings. The van der Waals surface area contributed by atoms with Crippen molar-refractivity contribution >= 4 is 11.9 Å². The summed E-state index contributed by atoms with van der Waals surface area (Å²) in [5.74, 6) is 1.68. The molecule has 5 heteroatoms. The third-order valence-electron chi connectivity index (χ3n) is 5.37. The Morgan fingerprint density at radius 1 is 1.14 bits per heavy atom. The van der Waals surface area contributed by atoms with E-state index in [-0.39, 0.29) is 18.1 Å². The van der Waals surface area contributed by atoms with Crippen molar-refractivity contribution in [2.45, 2.75) is 57.1 Å². The van der Waals surface area contributed by atoms with Crippen molar-refractivity contribution in [2.75, 3.05) is 13.7 Å². The van der Waals surface area contributed by atoms with Crippen LogP contribution < -0.4 is 5.32 Å². The maximum atomic E-state index is 12.3. The van der Waals surface area contributed by atoms with Gasteiger partial charge in [-0.3, -0.25) is 4.79 Å². The van der Waals surface area contributed by atoms with Crippen LogP contribution in [0.5, 0.6) is 0 Å². The van der Waals surface area contributed by atoms with Crippen LogP contribution in [0.3, 0.4) is 0 Å². The van der Waals surface area contributed by atoms with Gasteiger partial charge in [-0.1, -0.05) is 0 Å². The Kier molecular flexibility index (Phi) is 3.95.